The molecule has 0 unspecified atom stereocenters. The highest BCUT2D eigenvalue weighted by molar-refractivity contribution is 7.90. The number of hydrogen-bond acceptors (Lipinski definition) is 4. The van der Waals surface area contributed by atoms with Gasteiger partial charge in [0.1, 0.15) is 5.82 Å². The van der Waals surface area contributed by atoms with E-state index >= 15 is 0 Å². The molecule has 0 aliphatic rings. The maximum atomic E-state index is 13.5. The van der Waals surface area contributed by atoms with E-state index in [4.69, 9.17) is 0 Å². The number of aromatic nitrogens is 1. The summed E-state index contributed by atoms with van der Waals surface area (Å²) in [5, 5.41) is 5.56. The molecule has 8 heteroatoms. The second-order valence-corrected chi connectivity index (χ2v) is 10.4. The third-order valence-corrected chi connectivity index (χ3v) is 8.10. The molecular weight excluding hydrogens is 471 g/mol. The van der Waals surface area contributed by atoms with Crippen LogP contribution in [0.15, 0.2) is 101 Å². The van der Waals surface area contributed by atoms with Crippen LogP contribution >= 0.6 is 11.3 Å². The van der Waals surface area contributed by atoms with Gasteiger partial charge in [-0.05, 0) is 59.5 Å². The molecule has 2 heterocycles. The number of halogens is 1. The molecule has 5 nitrogen and oxygen atoms in total. The van der Waals surface area contributed by atoms with Gasteiger partial charge in [0.05, 0.1) is 10.4 Å². The Labute approximate surface area is 200 Å². The van der Waals surface area contributed by atoms with Crippen LogP contribution in [0.1, 0.15) is 15.9 Å². The number of nitrogens with zero attached hydrogens (tertiary/aromatic N) is 1. The van der Waals surface area contributed by atoms with Crippen LogP contribution in [0.2, 0.25) is 0 Å². The molecule has 34 heavy (non-hydrogen) atoms. The summed E-state index contributed by atoms with van der Waals surface area (Å²) in [6.07, 6.45) is 1.65. The van der Waals surface area contributed by atoms with Crippen molar-refractivity contribution >= 4 is 38.2 Å². The Morgan fingerprint density at radius 2 is 1.65 bits per heavy atom. The van der Waals surface area contributed by atoms with E-state index in [1.54, 1.807) is 41.8 Å². The van der Waals surface area contributed by atoms with Crippen molar-refractivity contribution in [2.75, 3.05) is 0 Å². The zero-order chi connectivity index (χ0) is 23.7. The molecule has 1 amide bonds. The van der Waals surface area contributed by atoms with Crippen LogP contribution in [0.3, 0.4) is 0 Å². The predicted molar refractivity (Wildman–Crippen MR) is 132 cm³/mol. The first-order chi connectivity index (χ1) is 16.4. The highest BCUT2D eigenvalue weighted by atomic mass is 32.2. The summed E-state index contributed by atoms with van der Waals surface area (Å²) < 4.78 is 41.3. The van der Waals surface area contributed by atoms with Crippen LogP contribution in [-0.2, 0) is 16.6 Å². The van der Waals surface area contributed by atoms with Crippen molar-refractivity contribution in [2.24, 2.45) is 0 Å². The van der Waals surface area contributed by atoms with E-state index in [0.717, 1.165) is 21.4 Å². The topological polar surface area (TPSA) is 68.2 Å². The van der Waals surface area contributed by atoms with E-state index in [1.165, 1.54) is 40.4 Å². The van der Waals surface area contributed by atoms with Gasteiger partial charge >= 0.3 is 0 Å². The molecule has 0 atom stereocenters. The van der Waals surface area contributed by atoms with E-state index in [9.17, 15) is 17.6 Å². The minimum Gasteiger partial charge on any atom is -0.348 e. The van der Waals surface area contributed by atoms with Crippen LogP contribution in [0.4, 0.5) is 4.39 Å². The Kier molecular flexibility index (Phi) is 5.77. The molecule has 0 saturated carbocycles. The molecule has 0 saturated heterocycles. The van der Waals surface area contributed by atoms with Gasteiger partial charge in [-0.1, -0.05) is 36.4 Å². The van der Waals surface area contributed by atoms with Crippen molar-refractivity contribution in [3.05, 3.63) is 113 Å². The second-order valence-electron chi connectivity index (χ2n) is 7.67. The van der Waals surface area contributed by atoms with Gasteiger partial charge in [0.25, 0.3) is 15.9 Å². The Morgan fingerprint density at radius 1 is 0.912 bits per heavy atom. The van der Waals surface area contributed by atoms with Crippen LogP contribution in [0.5, 0.6) is 0 Å². The average Bonchev–Trinajstić information content (AvgIpc) is 3.52. The number of amides is 1. The second kappa shape index (κ2) is 8.89. The average molecular weight is 491 g/mol. The lowest BCUT2D eigenvalue weighted by atomic mass is 10.1. The number of fused-ring (bicyclic) bond motifs is 1. The van der Waals surface area contributed by atoms with Gasteiger partial charge in [-0.15, -0.1) is 11.3 Å². The number of para-hydroxylation sites is 1. The molecule has 1 N–H and O–H groups in total. The Hall–Kier alpha value is -3.75. The maximum Gasteiger partial charge on any atom is 0.268 e. The van der Waals surface area contributed by atoms with Crippen molar-refractivity contribution in [1.29, 1.82) is 0 Å². The van der Waals surface area contributed by atoms with Crippen LogP contribution < -0.4 is 5.32 Å². The molecule has 170 valence electrons. The Morgan fingerprint density at radius 3 is 2.35 bits per heavy atom. The molecular formula is C26H19FN2O3S2. The van der Waals surface area contributed by atoms with Crippen LogP contribution in [0.25, 0.3) is 21.3 Å². The highest BCUT2D eigenvalue weighted by Gasteiger charge is 2.22. The van der Waals surface area contributed by atoms with Crippen LogP contribution in [0, 0.1) is 5.82 Å². The van der Waals surface area contributed by atoms with Gasteiger partial charge in [0, 0.05) is 34.1 Å². The molecule has 3 aromatic carbocycles. The molecule has 5 aromatic rings. The first kappa shape index (κ1) is 22.1. The van der Waals surface area contributed by atoms with Gasteiger partial charge in [-0.2, -0.15) is 0 Å². The summed E-state index contributed by atoms with van der Waals surface area (Å²) in [4.78, 5) is 13.6. The van der Waals surface area contributed by atoms with Crippen LogP contribution in [-0.4, -0.2) is 18.3 Å². The molecule has 0 bridgehead atoms. The summed E-state index contributed by atoms with van der Waals surface area (Å²) in [5.41, 5.74) is 2.53. The fraction of sp³-hybridized carbons (Fsp3) is 0.0385. The third-order valence-electron chi connectivity index (χ3n) is 5.50. The molecule has 0 spiro atoms. The first-order valence-corrected chi connectivity index (χ1v) is 12.8. The normalized spacial score (nSPS) is 11.6. The van der Waals surface area contributed by atoms with E-state index in [-0.39, 0.29) is 23.2 Å². The fourth-order valence-electron chi connectivity index (χ4n) is 3.76. The largest absolute Gasteiger partial charge is 0.348 e. The molecule has 0 fully saturated rings. The molecule has 2 aromatic heterocycles. The lowest BCUT2D eigenvalue weighted by molar-refractivity contribution is 0.0951. The van der Waals surface area contributed by atoms with Crippen molar-refractivity contribution in [1.82, 2.24) is 9.29 Å². The van der Waals surface area contributed by atoms with Gasteiger partial charge in [0.2, 0.25) is 0 Å². The minimum atomic E-state index is -3.88. The van der Waals surface area contributed by atoms with E-state index in [1.807, 2.05) is 29.6 Å². The Bertz CT molecular complexity index is 1570. The standard InChI is InChI=1S/C26H19FN2O3S2/c27-20-11-7-18(8-12-20)16-28-26(30)19-9-13-21(14-10-19)34(31,32)29-17-23(25-6-3-15-33-25)22-4-1-2-5-24(22)29/h1-15,17H,16H2,(H,28,30). The first-order valence-electron chi connectivity index (χ1n) is 10.5. The number of carbonyl (C=O) groups is 1. The maximum absolute atomic E-state index is 13.5. The third kappa shape index (κ3) is 4.13. The summed E-state index contributed by atoms with van der Waals surface area (Å²) in [6.45, 7) is 0.236. The zero-order valence-corrected chi connectivity index (χ0v) is 19.4. The summed E-state index contributed by atoms with van der Waals surface area (Å²) in [6, 6.07) is 23.0. The summed E-state index contributed by atoms with van der Waals surface area (Å²) in [7, 11) is -3.88. The highest BCUT2D eigenvalue weighted by Crippen LogP contribution is 2.35. The number of carbonyl (C=O) groups excluding carboxylic acids is 1. The SMILES string of the molecule is O=C(NCc1ccc(F)cc1)c1ccc(S(=O)(=O)n2cc(-c3cccs3)c3ccccc32)cc1. The number of hydrogen-bond donors (Lipinski definition) is 1. The monoisotopic (exact) mass is 490 g/mol. The van der Waals surface area contributed by atoms with Gasteiger partial charge in [0.15, 0.2) is 0 Å². The van der Waals surface area contributed by atoms with Crippen molar-refractivity contribution < 1.29 is 17.6 Å². The molecule has 5 rings (SSSR count). The Balaban J connectivity index is 1.41. The number of benzene rings is 3. The zero-order valence-electron chi connectivity index (χ0n) is 17.8. The van der Waals surface area contributed by atoms with Gasteiger partial charge in [-0.25, -0.2) is 16.8 Å². The van der Waals surface area contributed by atoms with Gasteiger partial charge < -0.3 is 5.32 Å². The van der Waals surface area contributed by atoms with Crippen molar-refractivity contribution in [2.45, 2.75) is 11.4 Å². The van der Waals surface area contributed by atoms with Gasteiger partial charge in [-0.3, -0.25) is 4.79 Å². The fourth-order valence-corrected chi connectivity index (χ4v) is 5.88. The lowest BCUT2D eigenvalue weighted by Crippen LogP contribution is -2.22. The molecule has 0 radical (unpaired) electrons. The minimum absolute atomic E-state index is 0.0843. The smallest absolute Gasteiger partial charge is 0.268 e. The molecule has 0 aliphatic carbocycles. The molecule has 0 aliphatic heterocycles. The predicted octanol–water partition coefficient (Wildman–Crippen LogP) is 5.68. The number of thiophene rings is 1. The summed E-state index contributed by atoms with van der Waals surface area (Å²) >= 11 is 1.55. The van der Waals surface area contributed by atoms with E-state index in [0.29, 0.717) is 11.1 Å². The summed E-state index contributed by atoms with van der Waals surface area (Å²) in [5.74, 6) is -0.690. The van der Waals surface area contributed by atoms with Crippen molar-refractivity contribution in [3.8, 4) is 10.4 Å². The van der Waals surface area contributed by atoms with E-state index in [2.05, 4.69) is 5.32 Å². The van der Waals surface area contributed by atoms with Crippen molar-refractivity contribution in [3.63, 3.8) is 0 Å². The quantitative estimate of drug-likeness (QED) is 0.333. The van der Waals surface area contributed by atoms with E-state index < -0.39 is 10.0 Å². The number of nitrogens with one attached hydrogen (secondary N) is 1. The number of rotatable bonds is 6. The lowest BCUT2D eigenvalue weighted by Gasteiger charge is -2.09.